The average molecular weight is 241 g/mol. The van der Waals surface area contributed by atoms with Gasteiger partial charge in [-0.2, -0.15) is 0 Å². The maximum atomic E-state index is 5.75. The molecular weight excluding hydrogens is 220 g/mol. The summed E-state index contributed by atoms with van der Waals surface area (Å²) in [5.41, 5.74) is 0. The highest BCUT2D eigenvalue weighted by molar-refractivity contribution is 6.30. The minimum atomic E-state index is 0.685. The SMILES string of the molecule is CCCCCCCCNc1ccc(Cl)cn1. The van der Waals surface area contributed by atoms with Gasteiger partial charge in [0.25, 0.3) is 0 Å². The standard InChI is InChI=1S/C13H21ClN2/c1-2-3-4-5-6-7-10-15-13-9-8-12(14)11-16-13/h8-9,11H,2-7,10H2,1H3,(H,15,16). The van der Waals surface area contributed by atoms with Crippen LogP contribution >= 0.6 is 11.6 Å². The maximum absolute atomic E-state index is 5.75. The van der Waals surface area contributed by atoms with Crippen LogP contribution in [0.15, 0.2) is 18.3 Å². The molecule has 1 heterocycles. The van der Waals surface area contributed by atoms with Crippen molar-refractivity contribution < 1.29 is 0 Å². The smallest absolute Gasteiger partial charge is 0.125 e. The van der Waals surface area contributed by atoms with Crippen molar-refractivity contribution in [1.29, 1.82) is 0 Å². The summed E-state index contributed by atoms with van der Waals surface area (Å²) < 4.78 is 0. The number of hydrogen-bond acceptors (Lipinski definition) is 2. The highest BCUT2D eigenvalue weighted by Gasteiger charge is 1.93. The second-order valence-electron chi connectivity index (χ2n) is 4.06. The molecule has 0 unspecified atom stereocenters. The van der Waals surface area contributed by atoms with Gasteiger partial charge in [-0.3, -0.25) is 0 Å². The largest absolute Gasteiger partial charge is 0.370 e. The van der Waals surface area contributed by atoms with Gasteiger partial charge >= 0.3 is 0 Å². The van der Waals surface area contributed by atoms with E-state index in [1.807, 2.05) is 12.1 Å². The molecule has 3 heteroatoms. The van der Waals surface area contributed by atoms with Crippen LogP contribution in [0.3, 0.4) is 0 Å². The van der Waals surface area contributed by atoms with E-state index in [4.69, 9.17) is 11.6 Å². The van der Waals surface area contributed by atoms with Gasteiger partial charge in [-0.15, -0.1) is 0 Å². The normalized spacial score (nSPS) is 10.4. The molecular formula is C13H21ClN2. The second kappa shape index (κ2) is 8.40. The Hall–Kier alpha value is -0.760. The van der Waals surface area contributed by atoms with Crippen LogP contribution in [-0.2, 0) is 0 Å². The van der Waals surface area contributed by atoms with E-state index in [0.29, 0.717) is 5.02 Å². The Morgan fingerprint density at radius 3 is 2.56 bits per heavy atom. The van der Waals surface area contributed by atoms with Crippen LogP contribution in [0.1, 0.15) is 45.4 Å². The zero-order chi connectivity index (χ0) is 11.6. The van der Waals surface area contributed by atoms with Gasteiger partial charge in [0, 0.05) is 12.7 Å². The predicted octanol–water partition coefficient (Wildman–Crippen LogP) is 4.51. The molecule has 0 amide bonds. The van der Waals surface area contributed by atoms with E-state index in [1.54, 1.807) is 6.20 Å². The molecule has 1 aromatic heterocycles. The van der Waals surface area contributed by atoms with Gasteiger partial charge in [-0.1, -0.05) is 50.6 Å². The van der Waals surface area contributed by atoms with Gasteiger partial charge in [-0.05, 0) is 18.6 Å². The van der Waals surface area contributed by atoms with Gasteiger partial charge in [0.05, 0.1) is 5.02 Å². The van der Waals surface area contributed by atoms with E-state index in [9.17, 15) is 0 Å². The van der Waals surface area contributed by atoms with Gasteiger partial charge in [0.2, 0.25) is 0 Å². The highest BCUT2D eigenvalue weighted by Crippen LogP contribution is 2.10. The third-order valence-corrected chi connectivity index (χ3v) is 2.79. The van der Waals surface area contributed by atoms with E-state index in [1.165, 1.54) is 38.5 Å². The van der Waals surface area contributed by atoms with Gasteiger partial charge in [0.1, 0.15) is 5.82 Å². The number of aromatic nitrogens is 1. The van der Waals surface area contributed by atoms with Gasteiger partial charge in [-0.25, -0.2) is 4.98 Å². The summed E-state index contributed by atoms with van der Waals surface area (Å²) in [6, 6.07) is 3.78. The fraction of sp³-hybridized carbons (Fsp3) is 0.615. The molecule has 0 saturated carbocycles. The Morgan fingerprint density at radius 1 is 1.12 bits per heavy atom. The Morgan fingerprint density at radius 2 is 1.88 bits per heavy atom. The number of rotatable bonds is 8. The average Bonchev–Trinajstić information content (AvgIpc) is 2.30. The van der Waals surface area contributed by atoms with Crippen molar-refractivity contribution >= 4 is 17.4 Å². The number of nitrogens with zero attached hydrogens (tertiary/aromatic N) is 1. The summed E-state index contributed by atoms with van der Waals surface area (Å²) in [6.07, 6.45) is 9.60. The van der Waals surface area contributed by atoms with Crippen LogP contribution in [0.5, 0.6) is 0 Å². The number of pyridine rings is 1. The topological polar surface area (TPSA) is 24.9 Å². The molecule has 0 fully saturated rings. The number of unbranched alkanes of at least 4 members (excludes halogenated alkanes) is 5. The van der Waals surface area contributed by atoms with Crippen molar-refractivity contribution in [1.82, 2.24) is 4.98 Å². The van der Waals surface area contributed by atoms with Crippen LogP contribution < -0.4 is 5.32 Å². The van der Waals surface area contributed by atoms with Gasteiger partial charge < -0.3 is 5.32 Å². The minimum Gasteiger partial charge on any atom is -0.370 e. The summed E-state index contributed by atoms with van der Waals surface area (Å²) in [7, 11) is 0. The molecule has 0 aliphatic carbocycles. The van der Waals surface area contributed by atoms with Crippen LogP contribution in [0, 0.1) is 0 Å². The maximum Gasteiger partial charge on any atom is 0.125 e. The summed E-state index contributed by atoms with van der Waals surface area (Å²) in [6.45, 7) is 3.24. The molecule has 2 nitrogen and oxygen atoms in total. The Bertz CT molecular complexity index is 272. The molecule has 0 bridgehead atoms. The first-order chi connectivity index (χ1) is 7.83. The van der Waals surface area contributed by atoms with Crippen molar-refractivity contribution in [3.05, 3.63) is 23.4 Å². The third-order valence-electron chi connectivity index (χ3n) is 2.56. The molecule has 0 spiro atoms. The van der Waals surface area contributed by atoms with E-state index in [2.05, 4.69) is 17.2 Å². The third kappa shape index (κ3) is 5.96. The molecule has 1 N–H and O–H groups in total. The summed E-state index contributed by atoms with van der Waals surface area (Å²) >= 11 is 5.75. The lowest BCUT2D eigenvalue weighted by atomic mass is 10.1. The fourth-order valence-corrected chi connectivity index (χ4v) is 1.71. The van der Waals surface area contributed by atoms with E-state index < -0.39 is 0 Å². The lowest BCUT2D eigenvalue weighted by Crippen LogP contribution is -2.02. The van der Waals surface area contributed by atoms with Crippen molar-refractivity contribution in [2.24, 2.45) is 0 Å². The Kier molecular flexibility index (Phi) is 6.98. The number of nitrogens with one attached hydrogen (secondary N) is 1. The first-order valence-electron chi connectivity index (χ1n) is 6.18. The van der Waals surface area contributed by atoms with E-state index >= 15 is 0 Å². The lowest BCUT2D eigenvalue weighted by Gasteiger charge is -2.05. The Labute approximate surface area is 103 Å². The summed E-state index contributed by atoms with van der Waals surface area (Å²) in [5.74, 6) is 0.915. The van der Waals surface area contributed by atoms with Gasteiger partial charge in [0.15, 0.2) is 0 Å². The molecule has 0 aliphatic rings. The molecule has 16 heavy (non-hydrogen) atoms. The summed E-state index contributed by atoms with van der Waals surface area (Å²) in [4.78, 5) is 4.18. The molecule has 90 valence electrons. The lowest BCUT2D eigenvalue weighted by molar-refractivity contribution is 0.617. The van der Waals surface area contributed by atoms with Crippen molar-refractivity contribution in [2.75, 3.05) is 11.9 Å². The monoisotopic (exact) mass is 240 g/mol. The molecule has 0 aromatic carbocycles. The number of hydrogen-bond donors (Lipinski definition) is 1. The molecule has 0 atom stereocenters. The second-order valence-corrected chi connectivity index (χ2v) is 4.49. The van der Waals surface area contributed by atoms with Crippen LogP contribution in [0.2, 0.25) is 5.02 Å². The number of halogens is 1. The zero-order valence-corrected chi connectivity index (χ0v) is 10.8. The quantitative estimate of drug-likeness (QED) is 0.677. The zero-order valence-electron chi connectivity index (χ0n) is 10.0. The van der Waals surface area contributed by atoms with Crippen molar-refractivity contribution in [2.45, 2.75) is 45.4 Å². The van der Waals surface area contributed by atoms with Crippen LogP contribution in [-0.4, -0.2) is 11.5 Å². The first kappa shape index (κ1) is 13.3. The van der Waals surface area contributed by atoms with E-state index in [-0.39, 0.29) is 0 Å². The van der Waals surface area contributed by atoms with Crippen molar-refractivity contribution in [3.63, 3.8) is 0 Å². The van der Waals surface area contributed by atoms with Crippen LogP contribution in [0.4, 0.5) is 5.82 Å². The fourth-order valence-electron chi connectivity index (χ4n) is 1.60. The number of anilines is 1. The van der Waals surface area contributed by atoms with E-state index in [0.717, 1.165) is 12.4 Å². The molecule has 1 aromatic rings. The molecule has 1 rings (SSSR count). The molecule has 0 radical (unpaired) electrons. The highest BCUT2D eigenvalue weighted by atomic mass is 35.5. The first-order valence-corrected chi connectivity index (χ1v) is 6.56. The molecule has 0 aliphatic heterocycles. The molecule has 0 saturated heterocycles. The predicted molar refractivity (Wildman–Crippen MR) is 71.1 cm³/mol. The minimum absolute atomic E-state index is 0.685. The summed E-state index contributed by atoms with van der Waals surface area (Å²) in [5, 5.41) is 3.98. The van der Waals surface area contributed by atoms with Crippen molar-refractivity contribution in [3.8, 4) is 0 Å². The Balaban J connectivity index is 2.01. The van der Waals surface area contributed by atoms with Crippen LogP contribution in [0.25, 0.3) is 0 Å².